The Bertz CT molecular complexity index is 832. The van der Waals surface area contributed by atoms with Crippen LogP contribution in [0.5, 0.6) is 0 Å². The number of anilines is 1. The van der Waals surface area contributed by atoms with Gasteiger partial charge in [0, 0.05) is 35.9 Å². The molecule has 0 aliphatic rings. The largest absolute Gasteiger partial charge is 0.331 e. The Labute approximate surface area is 136 Å². The van der Waals surface area contributed by atoms with E-state index in [2.05, 4.69) is 31.9 Å². The number of rotatable bonds is 6. The van der Waals surface area contributed by atoms with E-state index in [-0.39, 0.29) is 0 Å². The van der Waals surface area contributed by atoms with Gasteiger partial charge in [-0.1, -0.05) is 6.58 Å². The molecule has 0 aliphatic heterocycles. The second-order valence-electron chi connectivity index (χ2n) is 4.86. The molecule has 8 heteroatoms. The van der Waals surface area contributed by atoms with Crippen LogP contribution >= 0.6 is 0 Å². The number of pyridine rings is 1. The normalized spacial score (nSPS) is 10.8. The van der Waals surface area contributed by atoms with Crippen molar-refractivity contribution in [3.8, 4) is 22.5 Å². The Morgan fingerprint density at radius 1 is 1.29 bits per heavy atom. The maximum Gasteiger partial charge on any atom is 0.257 e. The van der Waals surface area contributed by atoms with E-state index < -0.39 is 13.0 Å². The monoisotopic (exact) mass is 328 g/mol. The minimum Gasteiger partial charge on any atom is -0.331 e. The van der Waals surface area contributed by atoms with E-state index in [0.717, 1.165) is 5.56 Å². The summed E-state index contributed by atoms with van der Waals surface area (Å²) in [6.45, 7) is 3.07. The highest BCUT2D eigenvalue weighted by atomic mass is 19.3. The zero-order valence-electron chi connectivity index (χ0n) is 12.6. The van der Waals surface area contributed by atoms with E-state index in [4.69, 9.17) is 0 Å². The molecule has 0 fully saturated rings. The topological polar surface area (TPSA) is 68.5 Å². The van der Waals surface area contributed by atoms with Crippen molar-refractivity contribution >= 4 is 5.95 Å². The SMILES string of the molecule is C=CNc1nccc(-c2cn(CC(F)F)nc2-c2cccnc2)n1. The first-order valence-corrected chi connectivity index (χ1v) is 7.14. The Morgan fingerprint density at radius 2 is 2.17 bits per heavy atom. The van der Waals surface area contributed by atoms with Gasteiger partial charge in [0.25, 0.3) is 6.43 Å². The van der Waals surface area contributed by atoms with Gasteiger partial charge in [-0.15, -0.1) is 0 Å². The summed E-state index contributed by atoms with van der Waals surface area (Å²) in [6.07, 6.45) is 5.35. The third-order valence-corrected chi connectivity index (χ3v) is 3.18. The molecule has 3 aromatic heterocycles. The molecule has 0 bridgehead atoms. The molecule has 3 rings (SSSR count). The van der Waals surface area contributed by atoms with Crippen LogP contribution in [-0.2, 0) is 6.54 Å². The highest BCUT2D eigenvalue weighted by molar-refractivity contribution is 5.78. The average molecular weight is 328 g/mol. The summed E-state index contributed by atoms with van der Waals surface area (Å²) in [4.78, 5) is 12.5. The van der Waals surface area contributed by atoms with Crippen molar-refractivity contribution in [2.45, 2.75) is 13.0 Å². The Kier molecular flexibility index (Phi) is 4.55. The highest BCUT2D eigenvalue weighted by Crippen LogP contribution is 2.30. The molecule has 0 aliphatic carbocycles. The molecule has 24 heavy (non-hydrogen) atoms. The zero-order chi connectivity index (χ0) is 16.9. The van der Waals surface area contributed by atoms with Crippen molar-refractivity contribution in [2.24, 2.45) is 0 Å². The van der Waals surface area contributed by atoms with E-state index in [0.29, 0.717) is 22.9 Å². The van der Waals surface area contributed by atoms with Crippen LogP contribution in [0.1, 0.15) is 0 Å². The summed E-state index contributed by atoms with van der Waals surface area (Å²) in [7, 11) is 0. The van der Waals surface area contributed by atoms with Crippen molar-refractivity contribution in [1.29, 1.82) is 0 Å². The molecule has 0 saturated carbocycles. The predicted octanol–water partition coefficient (Wildman–Crippen LogP) is 3.22. The van der Waals surface area contributed by atoms with Crippen molar-refractivity contribution in [2.75, 3.05) is 5.32 Å². The quantitative estimate of drug-likeness (QED) is 0.752. The molecule has 3 heterocycles. The average Bonchev–Trinajstić information content (AvgIpc) is 2.99. The Hall–Kier alpha value is -3.16. The van der Waals surface area contributed by atoms with E-state index >= 15 is 0 Å². The van der Waals surface area contributed by atoms with E-state index in [9.17, 15) is 8.78 Å². The summed E-state index contributed by atoms with van der Waals surface area (Å²) >= 11 is 0. The van der Waals surface area contributed by atoms with Crippen LogP contribution in [-0.4, -0.2) is 31.2 Å². The minimum absolute atomic E-state index is 0.362. The smallest absolute Gasteiger partial charge is 0.257 e. The van der Waals surface area contributed by atoms with Gasteiger partial charge in [0.05, 0.1) is 5.69 Å². The van der Waals surface area contributed by atoms with Gasteiger partial charge in [0.15, 0.2) is 0 Å². The predicted molar refractivity (Wildman–Crippen MR) is 86.3 cm³/mol. The van der Waals surface area contributed by atoms with E-state index in [1.54, 1.807) is 36.9 Å². The number of alkyl halides is 2. The summed E-state index contributed by atoms with van der Waals surface area (Å²) < 4.78 is 26.6. The molecule has 0 radical (unpaired) electrons. The van der Waals surface area contributed by atoms with E-state index in [1.807, 2.05) is 6.07 Å². The van der Waals surface area contributed by atoms with Crippen LogP contribution in [0.2, 0.25) is 0 Å². The standard InChI is InChI=1S/C16H14F2N6/c1-2-20-16-21-7-5-13(22-16)12-9-24(10-14(17)18)23-15(12)11-4-3-6-19-8-11/h2-9,14H,1,10H2,(H,20,21,22). The molecule has 122 valence electrons. The molecule has 0 unspecified atom stereocenters. The number of hydrogen-bond acceptors (Lipinski definition) is 5. The molecule has 0 aromatic carbocycles. The highest BCUT2D eigenvalue weighted by Gasteiger charge is 2.16. The second kappa shape index (κ2) is 6.95. The Balaban J connectivity index is 2.10. The van der Waals surface area contributed by atoms with Crippen LogP contribution in [0.4, 0.5) is 14.7 Å². The summed E-state index contributed by atoms with van der Waals surface area (Å²) in [5.74, 6) is 0.362. The third-order valence-electron chi connectivity index (χ3n) is 3.18. The number of nitrogens with one attached hydrogen (secondary N) is 1. The molecule has 1 N–H and O–H groups in total. The first-order chi connectivity index (χ1) is 11.7. The van der Waals surface area contributed by atoms with Crippen molar-refractivity contribution < 1.29 is 8.78 Å². The van der Waals surface area contributed by atoms with Gasteiger partial charge < -0.3 is 5.32 Å². The van der Waals surface area contributed by atoms with Gasteiger partial charge in [0.2, 0.25) is 5.95 Å². The van der Waals surface area contributed by atoms with Crippen LogP contribution in [0.3, 0.4) is 0 Å². The molecule has 3 aromatic rings. The first kappa shape index (κ1) is 15.7. The zero-order valence-corrected chi connectivity index (χ0v) is 12.6. The van der Waals surface area contributed by atoms with Crippen LogP contribution in [0.25, 0.3) is 22.5 Å². The maximum absolute atomic E-state index is 12.7. The third kappa shape index (κ3) is 3.43. The Morgan fingerprint density at radius 3 is 2.88 bits per heavy atom. The van der Waals surface area contributed by atoms with E-state index in [1.165, 1.54) is 10.9 Å². The van der Waals surface area contributed by atoms with Crippen LogP contribution < -0.4 is 5.32 Å². The van der Waals surface area contributed by atoms with Gasteiger partial charge in [-0.25, -0.2) is 18.7 Å². The number of halogens is 2. The molecule has 0 atom stereocenters. The lowest BCUT2D eigenvalue weighted by molar-refractivity contribution is 0.122. The van der Waals surface area contributed by atoms with Crippen molar-refractivity contribution in [3.05, 3.63) is 55.8 Å². The minimum atomic E-state index is -2.50. The fraction of sp³-hybridized carbons (Fsp3) is 0.125. The number of hydrogen-bond donors (Lipinski definition) is 1. The molecule has 6 nitrogen and oxygen atoms in total. The molecule has 0 saturated heterocycles. The van der Waals surface area contributed by atoms with Crippen molar-refractivity contribution in [1.82, 2.24) is 24.7 Å². The van der Waals surface area contributed by atoms with Crippen LogP contribution in [0.15, 0.2) is 55.8 Å². The van der Waals surface area contributed by atoms with Gasteiger partial charge in [-0.3, -0.25) is 9.67 Å². The van der Waals surface area contributed by atoms with Gasteiger partial charge in [0.1, 0.15) is 12.2 Å². The summed E-state index contributed by atoms with van der Waals surface area (Å²) in [5.41, 5.74) is 2.44. The summed E-state index contributed by atoms with van der Waals surface area (Å²) in [6, 6.07) is 5.27. The van der Waals surface area contributed by atoms with Gasteiger partial charge in [-0.05, 0) is 24.4 Å². The first-order valence-electron chi connectivity index (χ1n) is 7.14. The maximum atomic E-state index is 12.7. The lowest BCUT2D eigenvalue weighted by Gasteiger charge is -2.03. The fourth-order valence-corrected chi connectivity index (χ4v) is 2.23. The molecular formula is C16H14F2N6. The van der Waals surface area contributed by atoms with Crippen LogP contribution in [0, 0.1) is 0 Å². The summed E-state index contributed by atoms with van der Waals surface area (Å²) in [5, 5.41) is 7.07. The fourth-order valence-electron chi connectivity index (χ4n) is 2.23. The number of nitrogens with zero attached hydrogens (tertiary/aromatic N) is 5. The van der Waals surface area contributed by atoms with Gasteiger partial charge in [-0.2, -0.15) is 5.10 Å². The lowest BCUT2D eigenvalue weighted by atomic mass is 10.1. The molecular weight excluding hydrogens is 314 g/mol. The lowest BCUT2D eigenvalue weighted by Crippen LogP contribution is -2.06. The molecule has 0 amide bonds. The van der Waals surface area contributed by atoms with Gasteiger partial charge >= 0.3 is 0 Å². The number of aromatic nitrogens is 5. The molecule has 0 spiro atoms. The van der Waals surface area contributed by atoms with Crippen molar-refractivity contribution in [3.63, 3.8) is 0 Å². The second-order valence-corrected chi connectivity index (χ2v) is 4.86.